The van der Waals surface area contributed by atoms with E-state index in [-0.39, 0.29) is 19.1 Å². The van der Waals surface area contributed by atoms with Gasteiger partial charge >= 0.3 is 0 Å². The average Bonchev–Trinajstić information content (AvgIpc) is 2.91. The Labute approximate surface area is 114 Å². The second-order valence-corrected chi connectivity index (χ2v) is 5.23. The van der Waals surface area contributed by atoms with Gasteiger partial charge in [0.1, 0.15) is 11.7 Å². The van der Waals surface area contributed by atoms with Gasteiger partial charge in [-0.05, 0) is 12.0 Å². The maximum absolute atomic E-state index is 10.6. The highest BCUT2D eigenvalue weighted by Gasteiger charge is 2.52. The van der Waals surface area contributed by atoms with Gasteiger partial charge in [-0.3, -0.25) is 0 Å². The number of rotatable bonds is 4. The fourth-order valence-corrected chi connectivity index (χ4v) is 2.64. The largest absolute Gasteiger partial charge is 0.384 e. The van der Waals surface area contributed by atoms with E-state index >= 15 is 0 Å². The molecule has 4 nitrogen and oxygen atoms in total. The molecule has 2 aliphatic rings. The minimum absolute atomic E-state index is 0.116. The molecular formula is C15H20O4. The second kappa shape index (κ2) is 5.21. The van der Waals surface area contributed by atoms with Crippen molar-refractivity contribution in [1.29, 1.82) is 0 Å². The molecule has 1 N–H and O–H groups in total. The zero-order valence-corrected chi connectivity index (χ0v) is 10.8. The van der Waals surface area contributed by atoms with E-state index < -0.39 is 11.9 Å². The van der Waals surface area contributed by atoms with Crippen LogP contribution in [0.4, 0.5) is 0 Å². The number of benzene rings is 1. The molecule has 0 amide bonds. The highest BCUT2D eigenvalue weighted by Crippen LogP contribution is 2.38. The lowest BCUT2D eigenvalue weighted by atomic mass is 9.89. The van der Waals surface area contributed by atoms with Gasteiger partial charge in [-0.25, -0.2) is 0 Å². The number of aliphatic hydroxyl groups is 1. The van der Waals surface area contributed by atoms with E-state index in [2.05, 4.69) is 0 Å². The van der Waals surface area contributed by atoms with Crippen molar-refractivity contribution >= 4 is 0 Å². The third-order valence-corrected chi connectivity index (χ3v) is 3.86. The number of hydrogen-bond acceptors (Lipinski definition) is 4. The standard InChI is InChI=1S/C15H20O4/c1-2-15(16)8-12(13-10-18-14(15)19-13)17-9-11-6-4-3-5-7-11/h3-7,12-14,16H,2,8-10H2,1H3/t12-,13+,14?,15-/m0/s1/i1D. The zero-order chi connectivity index (χ0) is 14.0. The quantitative estimate of drug-likeness (QED) is 0.902. The summed E-state index contributed by atoms with van der Waals surface area (Å²) in [5, 5.41) is 10.6. The first kappa shape index (κ1) is 11.9. The molecule has 0 saturated carbocycles. The van der Waals surface area contributed by atoms with Crippen LogP contribution in [-0.4, -0.2) is 35.8 Å². The zero-order valence-electron chi connectivity index (χ0n) is 11.8. The topological polar surface area (TPSA) is 47.9 Å². The first-order valence-corrected chi connectivity index (χ1v) is 6.65. The van der Waals surface area contributed by atoms with Gasteiger partial charge in [0.05, 0.1) is 19.3 Å². The fraction of sp³-hybridized carbons (Fsp3) is 0.600. The summed E-state index contributed by atoms with van der Waals surface area (Å²) in [6.07, 6.45) is -0.0986. The molecule has 0 spiro atoms. The molecule has 1 aromatic carbocycles. The van der Waals surface area contributed by atoms with E-state index in [4.69, 9.17) is 15.6 Å². The molecule has 3 rings (SSSR count). The molecular weight excluding hydrogens is 244 g/mol. The minimum Gasteiger partial charge on any atom is -0.384 e. The van der Waals surface area contributed by atoms with Gasteiger partial charge in [-0.1, -0.05) is 37.2 Å². The molecule has 4 heteroatoms. The first-order valence-electron chi connectivity index (χ1n) is 7.36. The molecule has 1 aromatic rings. The Bertz CT molecular complexity index is 441. The summed E-state index contributed by atoms with van der Waals surface area (Å²) in [6.45, 7) is 1.09. The van der Waals surface area contributed by atoms with Crippen molar-refractivity contribution in [1.82, 2.24) is 0 Å². The van der Waals surface area contributed by atoms with Crippen LogP contribution in [0.5, 0.6) is 0 Å². The van der Waals surface area contributed by atoms with E-state index in [0.717, 1.165) is 5.56 Å². The Hall–Kier alpha value is -0.940. The van der Waals surface area contributed by atoms with Crippen molar-refractivity contribution in [2.75, 3.05) is 6.61 Å². The van der Waals surface area contributed by atoms with Crippen molar-refractivity contribution in [2.24, 2.45) is 0 Å². The Morgan fingerprint density at radius 2 is 2.32 bits per heavy atom. The molecule has 2 bridgehead atoms. The van der Waals surface area contributed by atoms with Crippen LogP contribution in [-0.2, 0) is 20.8 Å². The monoisotopic (exact) mass is 265 g/mol. The van der Waals surface area contributed by atoms with Crippen LogP contribution in [0, 0.1) is 0 Å². The Morgan fingerprint density at radius 3 is 3.11 bits per heavy atom. The molecule has 1 unspecified atom stereocenters. The van der Waals surface area contributed by atoms with Crippen molar-refractivity contribution in [3.05, 3.63) is 35.9 Å². The van der Waals surface area contributed by atoms with E-state index in [1.807, 2.05) is 30.3 Å². The lowest BCUT2D eigenvalue weighted by molar-refractivity contribution is -0.243. The molecule has 2 aliphatic heterocycles. The van der Waals surface area contributed by atoms with E-state index in [0.29, 0.717) is 26.1 Å². The van der Waals surface area contributed by atoms with E-state index in [9.17, 15) is 5.11 Å². The summed E-state index contributed by atoms with van der Waals surface area (Å²) in [6, 6.07) is 9.93. The second-order valence-electron chi connectivity index (χ2n) is 5.23. The van der Waals surface area contributed by atoms with Crippen LogP contribution in [0.25, 0.3) is 0 Å². The van der Waals surface area contributed by atoms with Crippen molar-refractivity contribution < 1.29 is 20.7 Å². The first-order chi connectivity index (χ1) is 9.71. The summed E-state index contributed by atoms with van der Waals surface area (Å²) in [5.74, 6) is 0. The van der Waals surface area contributed by atoms with Crippen LogP contribution in [0.3, 0.4) is 0 Å². The predicted octanol–water partition coefficient (Wildman–Crippen LogP) is 1.86. The summed E-state index contributed by atoms with van der Waals surface area (Å²) < 4.78 is 24.4. The van der Waals surface area contributed by atoms with Crippen molar-refractivity contribution in [3.8, 4) is 0 Å². The Kier molecular flexibility index (Phi) is 3.25. The van der Waals surface area contributed by atoms with Gasteiger partial charge in [0, 0.05) is 7.79 Å². The van der Waals surface area contributed by atoms with Gasteiger partial charge in [-0.2, -0.15) is 0 Å². The molecule has 2 heterocycles. The van der Waals surface area contributed by atoms with Gasteiger partial charge in [-0.15, -0.1) is 0 Å². The maximum atomic E-state index is 10.6. The van der Waals surface area contributed by atoms with Gasteiger partial charge in [0.15, 0.2) is 6.29 Å². The smallest absolute Gasteiger partial charge is 0.187 e. The van der Waals surface area contributed by atoms with E-state index in [1.54, 1.807) is 0 Å². The van der Waals surface area contributed by atoms with Crippen LogP contribution in [0.2, 0.25) is 0 Å². The third kappa shape index (κ3) is 2.54. The molecule has 2 fully saturated rings. The fourth-order valence-electron chi connectivity index (χ4n) is 2.64. The lowest BCUT2D eigenvalue weighted by Crippen LogP contribution is -2.52. The SMILES string of the molecule is [2H]CC[C@]1(O)C[C@H](OCc2ccccc2)[C@H]2COC1O2. The molecule has 0 radical (unpaired) electrons. The Morgan fingerprint density at radius 1 is 1.47 bits per heavy atom. The highest BCUT2D eigenvalue weighted by atomic mass is 16.7. The van der Waals surface area contributed by atoms with Gasteiger partial charge < -0.3 is 19.3 Å². The predicted molar refractivity (Wildman–Crippen MR) is 69.5 cm³/mol. The molecule has 0 aromatic heterocycles. The number of fused-ring (bicyclic) bond motifs is 2. The average molecular weight is 265 g/mol. The molecule has 2 saturated heterocycles. The van der Waals surface area contributed by atoms with Crippen LogP contribution in [0.15, 0.2) is 30.3 Å². The normalized spacial score (nSPS) is 38.2. The van der Waals surface area contributed by atoms with Crippen LogP contribution < -0.4 is 0 Å². The van der Waals surface area contributed by atoms with Crippen molar-refractivity contribution in [3.63, 3.8) is 0 Å². The molecule has 104 valence electrons. The third-order valence-electron chi connectivity index (χ3n) is 3.86. The van der Waals surface area contributed by atoms with Gasteiger partial charge in [0.2, 0.25) is 0 Å². The van der Waals surface area contributed by atoms with Crippen molar-refractivity contribution in [2.45, 2.75) is 50.4 Å². The summed E-state index contributed by atoms with van der Waals surface area (Å²) in [5.41, 5.74) is -0.00611. The van der Waals surface area contributed by atoms with Crippen LogP contribution >= 0.6 is 0 Å². The maximum Gasteiger partial charge on any atom is 0.187 e. The molecule has 0 aliphatic carbocycles. The summed E-state index contributed by atoms with van der Waals surface area (Å²) in [7, 11) is 0. The van der Waals surface area contributed by atoms with Crippen LogP contribution in [0.1, 0.15) is 26.7 Å². The minimum atomic E-state index is -1.10. The Balaban J connectivity index is 1.64. The van der Waals surface area contributed by atoms with Gasteiger partial charge in [0.25, 0.3) is 0 Å². The number of ether oxygens (including phenoxy) is 3. The highest BCUT2D eigenvalue weighted by molar-refractivity contribution is 5.13. The lowest BCUT2D eigenvalue weighted by Gasteiger charge is -2.39. The number of hydrogen-bond donors (Lipinski definition) is 1. The summed E-state index contributed by atoms with van der Waals surface area (Å²) in [4.78, 5) is 0. The molecule has 19 heavy (non-hydrogen) atoms. The summed E-state index contributed by atoms with van der Waals surface area (Å²) >= 11 is 0. The van der Waals surface area contributed by atoms with E-state index in [1.165, 1.54) is 0 Å². The molecule has 4 atom stereocenters.